The number of fused-ring (bicyclic) bond motifs is 2. The second-order valence-electron chi connectivity index (χ2n) is 10.6. The second-order valence-corrected chi connectivity index (χ2v) is 10.6. The number of esters is 1. The Labute approximate surface area is 171 Å². The average molecular weight is 408 g/mol. The van der Waals surface area contributed by atoms with Crippen molar-refractivity contribution in [2.75, 3.05) is 13.2 Å². The summed E-state index contributed by atoms with van der Waals surface area (Å²) in [5.74, 6) is 0.513. The molecule has 7 rings (SSSR count). The Kier molecular flexibility index (Phi) is 3.89. The van der Waals surface area contributed by atoms with Crippen molar-refractivity contribution in [2.45, 2.75) is 89.4 Å². The summed E-state index contributed by atoms with van der Waals surface area (Å²) in [5.41, 5.74) is -1.37. The van der Waals surface area contributed by atoms with Crippen LogP contribution in [-0.4, -0.2) is 60.8 Å². The molecule has 11 atom stereocenters. The first-order chi connectivity index (χ1) is 13.8. The Morgan fingerprint density at radius 1 is 1.21 bits per heavy atom. The van der Waals surface area contributed by atoms with E-state index in [9.17, 15) is 9.90 Å². The first-order valence-electron chi connectivity index (χ1n) is 11.2. The molecule has 0 aromatic rings. The van der Waals surface area contributed by atoms with Gasteiger partial charge in [-0.05, 0) is 37.5 Å². The smallest absolute Gasteiger partial charge is 0.302 e. The molecule has 5 heterocycles. The van der Waals surface area contributed by atoms with Gasteiger partial charge in [-0.25, -0.2) is 0 Å². The monoisotopic (exact) mass is 408 g/mol. The van der Waals surface area contributed by atoms with Crippen LogP contribution < -0.4 is 0 Å². The minimum absolute atomic E-state index is 0.0286. The predicted octanol–water partition coefficient (Wildman–Crippen LogP) is 2.00. The Hall–Kier alpha value is -0.730. The van der Waals surface area contributed by atoms with Crippen molar-refractivity contribution in [2.24, 2.45) is 28.6 Å². The van der Waals surface area contributed by atoms with Crippen molar-refractivity contribution in [3.05, 3.63) is 0 Å². The minimum Gasteiger partial charge on any atom is -0.462 e. The Balaban J connectivity index is 1.45. The van der Waals surface area contributed by atoms with Crippen LogP contribution >= 0.6 is 0 Å². The van der Waals surface area contributed by atoms with Gasteiger partial charge in [-0.15, -0.1) is 0 Å². The number of rotatable bonds is 2. The number of carbonyl (C=O) groups excluding carboxylic acids is 1. The van der Waals surface area contributed by atoms with Crippen LogP contribution in [0.1, 0.15) is 52.9 Å². The van der Waals surface area contributed by atoms with Crippen LogP contribution in [0.25, 0.3) is 0 Å². The van der Waals surface area contributed by atoms with Crippen molar-refractivity contribution in [1.82, 2.24) is 0 Å². The van der Waals surface area contributed by atoms with Crippen molar-refractivity contribution >= 4 is 5.97 Å². The second kappa shape index (κ2) is 5.94. The number of hydrogen-bond donors (Lipinski definition) is 1. The van der Waals surface area contributed by atoms with E-state index < -0.39 is 23.4 Å². The average Bonchev–Trinajstić information content (AvgIpc) is 3.09. The fourth-order valence-electron chi connectivity index (χ4n) is 7.98. The summed E-state index contributed by atoms with van der Waals surface area (Å²) >= 11 is 0. The van der Waals surface area contributed by atoms with Gasteiger partial charge in [0.15, 0.2) is 12.6 Å². The van der Waals surface area contributed by atoms with E-state index in [0.29, 0.717) is 18.9 Å². The van der Waals surface area contributed by atoms with Crippen LogP contribution in [0.15, 0.2) is 0 Å². The number of hydrogen-bond acceptors (Lipinski definition) is 7. The van der Waals surface area contributed by atoms with Crippen LogP contribution in [0.5, 0.6) is 0 Å². The van der Waals surface area contributed by atoms with Gasteiger partial charge in [-0.2, -0.15) is 0 Å². The molecule has 2 saturated carbocycles. The third-order valence-corrected chi connectivity index (χ3v) is 9.53. The third kappa shape index (κ3) is 2.23. The lowest BCUT2D eigenvalue weighted by Crippen LogP contribution is -2.76. The van der Waals surface area contributed by atoms with Crippen LogP contribution in [0, 0.1) is 28.6 Å². The molecule has 0 radical (unpaired) electrons. The molecule has 162 valence electrons. The van der Waals surface area contributed by atoms with Gasteiger partial charge in [0.25, 0.3) is 0 Å². The number of carbonyl (C=O) groups is 1. The first-order valence-corrected chi connectivity index (χ1v) is 11.2. The topological polar surface area (TPSA) is 86.8 Å². The van der Waals surface area contributed by atoms with Crippen LogP contribution in [-0.2, 0) is 28.5 Å². The largest absolute Gasteiger partial charge is 0.462 e. The highest BCUT2D eigenvalue weighted by molar-refractivity contribution is 5.66. The summed E-state index contributed by atoms with van der Waals surface area (Å²) < 4.78 is 30.3. The van der Waals surface area contributed by atoms with Crippen molar-refractivity contribution < 1.29 is 33.6 Å². The molecule has 0 aromatic carbocycles. The standard InChI is InChI=1S/C22H32O7/c1-11-6-17(27-12(2)23)22-15(8-14(28-19(22)24)9-21(22)10-26-21)20(11,3)16-7-13-4-5-25-18(13)29-16/h11,13-19,24H,4-10H2,1-3H3/t11-,13-,14?,15-,16-,17+,18+,19+,20+,21+,22-/m1/s1. The van der Waals surface area contributed by atoms with Crippen LogP contribution in [0.4, 0.5) is 0 Å². The van der Waals surface area contributed by atoms with Gasteiger partial charge >= 0.3 is 5.97 Å². The highest BCUT2D eigenvalue weighted by atomic mass is 16.7. The van der Waals surface area contributed by atoms with Gasteiger partial charge in [-0.1, -0.05) is 13.8 Å². The summed E-state index contributed by atoms with van der Waals surface area (Å²) in [7, 11) is 0. The summed E-state index contributed by atoms with van der Waals surface area (Å²) in [6.45, 7) is 7.40. The van der Waals surface area contributed by atoms with Gasteiger partial charge in [0.2, 0.25) is 0 Å². The van der Waals surface area contributed by atoms with Crippen molar-refractivity contribution in [3.63, 3.8) is 0 Å². The van der Waals surface area contributed by atoms with Crippen molar-refractivity contribution in [3.8, 4) is 0 Å². The summed E-state index contributed by atoms with van der Waals surface area (Å²) in [6.07, 6.45) is 2.87. The molecule has 5 aliphatic heterocycles. The molecule has 7 heteroatoms. The van der Waals surface area contributed by atoms with E-state index in [2.05, 4.69) is 13.8 Å². The molecule has 7 nitrogen and oxygen atoms in total. The van der Waals surface area contributed by atoms with E-state index in [1.54, 1.807) is 0 Å². The fraction of sp³-hybridized carbons (Fsp3) is 0.955. The zero-order valence-corrected chi connectivity index (χ0v) is 17.5. The number of epoxide rings is 1. The lowest BCUT2D eigenvalue weighted by Gasteiger charge is -2.68. The van der Waals surface area contributed by atoms with E-state index >= 15 is 0 Å². The highest BCUT2D eigenvalue weighted by Crippen LogP contribution is 2.73. The normalized spacial score (nSPS) is 60.1. The van der Waals surface area contributed by atoms with Gasteiger partial charge in [-0.3, -0.25) is 4.79 Å². The van der Waals surface area contributed by atoms with Gasteiger partial charge in [0.05, 0.1) is 30.8 Å². The molecule has 1 unspecified atom stereocenters. The molecule has 2 spiro atoms. The first kappa shape index (κ1) is 19.0. The third-order valence-electron chi connectivity index (χ3n) is 9.53. The molecule has 5 saturated heterocycles. The zero-order chi connectivity index (χ0) is 20.2. The predicted molar refractivity (Wildman–Crippen MR) is 99.5 cm³/mol. The van der Waals surface area contributed by atoms with E-state index in [0.717, 1.165) is 32.3 Å². The molecule has 0 aromatic heterocycles. The zero-order valence-electron chi connectivity index (χ0n) is 17.5. The number of aliphatic hydroxyl groups excluding tert-OH is 1. The van der Waals surface area contributed by atoms with E-state index in [1.807, 2.05) is 0 Å². The highest BCUT2D eigenvalue weighted by Gasteiger charge is 2.82. The quantitative estimate of drug-likeness (QED) is 0.552. The SMILES string of the molecule is CC(=O)O[C@H]1C[C@@H](C)[C@](C)([C@H]2C[C@H]3CCO[C@H]3O2)[C@H]2CC3C[C@]4(CO4)[C@@]12[C@@H](O)O3. The summed E-state index contributed by atoms with van der Waals surface area (Å²) in [5, 5.41) is 11.3. The summed E-state index contributed by atoms with van der Waals surface area (Å²) in [6, 6.07) is 0. The lowest BCUT2D eigenvalue weighted by molar-refractivity contribution is -0.375. The molecule has 0 amide bonds. The van der Waals surface area contributed by atoms with Gasteiger partial charge in [0, 0.05) is 24.7 Å². The molecule has 7 fully saturated rings. The van der Waals surface area contributed by atoms with E-state index in [4.69, 9.17) is 23.7 Å². The molecular formula is C22H32O7. The van der Waals surface area contributed by atoms with Gasteiger partial charge < -0.3 is 28.8 Å². The van der Waals surface area contributed by atoms with E-state index in [1.165, 1.54) is 6.92 Å². The maximum absolute atomic E-state index is 12.0. The van der Waals surface area contributed by atoms with E-state index in [-0.39, 0.29) is 41.7 Å². The molecule has 29 heavy (non-hydrogen) atoms. The Morgan fingerprint density at radius 2 is 2.00 bits per heavy atom. The molecule has 1 N–H and O–H groups in total. The van der Waals surface area contributed by atoms with Crippen molar-refractivity contribution in [1.29, 1.82) is 0 Å². The Morgan fingerprint density at radius 3 is 2.69 bits per heavy atom. The lowest BCUT2D eigenvalue weighted by atomic mass is 9.40. The maximum atomic E-state index is 12.0. The number of ether oxygens (including phenoxy) is 5. The molecular weight excluding hydrogens is 376 g/mol. The van der Waals surface area contributed by atoms with Gasteiger partial charge in [0.1, 0.15) is 11.7 Å². The summed E-state index contributed by atoms with van der Waals surface area (Å²) in [4.78, 5) is 12.0. The fourth-order valence-corrected chi connectivity index (χ4v) is 7.98. The molecule has 2 bridgehead atoms. The Bertz CT molecular complexity index is 710. The minimum atomic E-state index is -0.990. The van der Waals surface area contributed by atoms with Crippen LogP contribution in [0.3, 0.4) is 0 Å². The molecule has 7 aliphatic rings. The number of aliphatic hydroxyl groups is 1. The maximum Gasteiger partial charge on any atom is 0.302 e. The van der Waals surface area contributed by atoms with Crippen LogP contribution in [0.2, 0.25) is 0 Å². The molecule has 2 aliphatic carbocycles.